The average Bonchev–Trinajstić information content (AvgIpc) is 2.02. The molecule has 0 fully saturated rings. The van der Waals surface area contributed by atoms with Gasteiger partial charge < -0.3 is 10.2 Å². The lowest BCUT2D eigenvalue weighted by Crippen LogP contribution is -2.18. The summed E-state index contributed by atoms with van der Waals surface area (Å²) in [5.74, 6) is 0.453. The molecule has 0 radical (unpaired) electrons. The van der Waals surface area contributed by atoms with Gasteiger partial charge in [0.05, 0.1) is 6.10 Å². The van der Waals surface area contributed by atoms with Gasteiger partial charge in [-0.2, -0.15) is 0 Å². The fraction of sp³-hybridized carbons (Fsp3) is 0.778. The third kappa shape index (κ3) is 4.17. The summed E-state index contributed by atoms with van der Waals surface area (Å²) in [7, 11) is 0. The van der Waals surface area contributed by atoms with E-state index in [0.29, 0.717) is 0 Å². The lowest BCUT2D eigenvalue weighted by atomic mass is 9.93. The minimum atomic E-state index is -0.441. The summed E-state index contributed by atoms with van der Waals surface area (Å²) in [6.45, 7) is 7.61. The lowest BCUT2D eigenvalue weighted by Gasteiger charge is -2.18. The number of rotatable bonds is 5. The van der Waals surface area contributed by atoms with Gasteiger partial charge in [0.1, 0.15) is 0 Å². The van der Waals surface area contributed by atoms with E-state index in [1.807, 2.05) is 13.8 Å². The average molecular weight is 158 g/mol. The first-order valence-electron chi connectivity index (χ1n) is 4.03. The van der Waals surface area contributed by atoms with Gasteiger partial charge in [-0.25, -0.2) is 0 Å². The molecule has 0 aliphatic heterocycles. The third-order valence-electron chi connectivity index (χ3n) is 1.91. The summed E-state index contributed by atoms with van der Waals surface area (Å²) >= 11 is 0. The van der Waals surface area contributed by atoms with Crippen LogP contribution in [0.2, 0.25) is 0 Å². The zero-order valence-electron chi connectivity index (χ0n) is 7.33. The van der Waals surface area contributed by atoms with Crippen molar-refractivity contribution >= 4 is 0 Å². The van der Waals surface area contributed by atoms with Gasteiger partial charge in [0, 0.05) is 6.61 Å². The van der Waals surface area contributed by atoms with Gasteiger partial charge in [-0.05, 0) is 18.3 Å². The highest BCUT2D eigenvalue weighted by Crippen LogP contribution is 2.15. The van der Waals surface area contributed by atoms with Gasteiger partial charge in [0.15, 0.2) is 0 Å². The molecule has 2 N–H and O–H groups in total. The number of aliphatic hydroxyl groups is 2. The Morgan fingerprint density at radius 3 is 2.36 bits per heavy atom. The Hall–Kier alpha value is -0.340. The zero-order valence-corrected chi connectivity index (χ0v) is 7.33. The summed E-state index contributed by atoms with van der Waals surface area (Å²) in [6.07, 6.45) is 1.93. The fourth-order valence-electron chi connectivity index (χ4n) is 1.08. The molecule has 3 atom stereocenters. The Morgan fingerprint density at radius 2 is 2.00 bits per heavy atom. The van der Waals surface area contributed by atoms with Crippen LogP contribution in [0.15, 0.2) is 12.7 Å². The molecular weight excluding hydrogens is 140 g/mol. The summed E-state index contributed by atoms with van der Waals surface area (Å²) in [5, 5.41) is 18.0. The number of hydrogen-bond donors (Lipinski definition) is 2. The Morgan fingerprint density at radius 1 is 1.45 bits per heavy atom. The highest BCUT2D eigenvalue weighted by atomic mass is 16.3. The first-order valence-corrected chi connectivity index (χ1v) is 4.03. The number of aliphatic hydroxyl groups excluding tert-OH is 2. The summed E-state index contributed by atoms with van der Waals surface area (Å²) in [4.78, 5) is 0. The van der Waals surface area contributed by atoms with Crippen molar-refractivity contribution in [3.05, 3.63) is 12.7 Å². The van der Waals surface area contributed by atoms with E-state index in [0.717, 1.165) is 6.42 Å². The summed E-state index contributed by atoms with van der Waals surface area (Å²) in [6, 6.07) is 0. The van der Waals surface area contributed by atoms with Gasteiger partial charge in [0.2, 0.25) is 0 Å². The van der Waals surface area contributed by atoms with Crippen molar-refractivity contribution in [1.82, 2.24) is 0 Å². The Bertz CT molecular complexity index is 112. The van der Waals surface area contributed by atoms with E-state index in [-0.39, 0.29) is 18.4 Å². The standard InChI is InChI=1S/C9H18O2/c1-4-9(11)8(3)5-7(2)6-10/h4,7-11H,1,5-6H2,2-3H3. The fourth-order valence-corrected chi connectivity index (χ4v) is 1.08. The Balaban J connectivity index is 3.66. The topological polar surface area (TPSA) is 40.5 Å². The van der Waals surface area contributed by atoms with E-state index in [9.17, 15) is 5.11 Å². The summed E-state index contributed by atoms with van der Waals surface area (Å²) in [5.41, 5.74) is 0. The van der Waals surface area contributed by atoms with Gasteiger partial charge in [-0.15, -0.1) is 6.58 Å². The van der Waals surface area contributed by atoms with Crippen LogP contribution in [0, 0.1) is 11.8 Å². The maximum absolute atomic E-state index is 9.27. The largest absolute Gasteiger partial charge is 0.396 e. The molecule has 3 unspecified atom stereocenters. The van der Waals surface area contributed by atoms with Crippen LogP contribution in [0.4, 0.5) is 0 Å². The molecule has 0 bridgehead atoms. The lowest BCUT2D eigenvalue weighted by molar-refractivity contribution is 0.130. The maximum Gasteiger partial charge on any atom is 0.0743 e. The smallest absolute Gasteiger partial charge is 0.0743 e. The highest BCUT2D eigenvalue weighted by Gasteiger charge is 2.13. The SMILES string of the molecule is C=CC(O)C(C)CC(C)CO. The van der Waals surface area contributed by atoms with E-state index in [1.165, 1.54) is 6.08 Å². The van der Waals surface area contributed by atoms with Crippen LogP contribution < -0.4 is 0 Å². The van der Waals surface area contributed by atoms with Gasteiger partial charge in [-0.3, -0.25) is 0 Å². The van der Waals surface area contributed by atoms with Crippen molar-refractivity contribution in [1.29, 1.82) is 0 Å². The molecule has 0 heterocycles. The quantitative estimate of drug-likeness (QED) is 0.590. The molecule has 0 aliphatic rings. The van der Waals surface area contributed by atoms with Crippen molar-refractivity contribution < 1.29 is 10.2 Å². The second kappa shape index (κ2) is 5.33. The van der Waals surface area contributed by atoms with E-state index in [2.05, 4.69) is 6.58 Å². The van der Waals surface area contributed by atoms with Crippen molar-refractivity contribution in [3.63, 3.8) is 0 Å². The van der Waals surface area contributed by atoms with Crippen LogP contribution in [0.25, 0.3) is 0 Å². The van der Waals surface area contributed by atoms with E-state index >= 15 is 0 Å². The van der Waals surface area contributed by atoms with E-state index in [4.69, 9.17) is 5.11 Å². The Labute approximate surface area is 68.6 Å². The molecule has 2 nitrogen and oxygen atoms in total. The molecule has 0 saturated carbocycles. The van der Waals surface area contributed by atoms with Crippen LogP contribution in [0.1, 0.15) is 20.3 Å². The van der Waals surface area contributed by atoms with Gasteiger partial charge >= 0.3 is 0 Å². The third-order valence-corrected chi connectivity index (χ3v) is 1.91. The van der Waals surface area contributed by atoms with E-state index in [1.54, 1.807) is 0 Å². The zero-order chi connectivity index (χ0) is 8.85. The van der Waals surface area contributed by atoms with Crippen LogP contribution in [-0.4, -0.2) is 22.9 Å². The molecule has 0 saturated heterocycles. The molecule has 11 heavy (non-hydrogen) atoms. The molecule has 0 rings (SSSR count). The maximum atomic E-state index is 9.27. The molecule has 0 aliphatic carbocycles. The second-order valence-corrected chi connectivity index (χ2v) is 3.23. The minimum absolute atomic E-state index is 0.189. The Kier molecular flexibility index (Phi) is 5.16. The molecule has 66 valence electrons. The van der Waals surface area contributed by atoms with Gasteiger partial charge in [0.25, 0.3) is 0 Å². The van der Waals surface area contributed by atoms with Crippen LogP contribution in [-0.2, 0) is 0 Å². The molecule has 0 aromatic carbocycles. The first-order chi connectivity index (χ1) is 5.11. The molecule has 0 aromatic heterocycles. The highest BCUT2D eigenvalue weighted by molar-refractivity contribution is 4.82. The predicted molar refractivity (Wildman–Crippen MR) is 46.2 cm³/mol. The molecule has 0 amide bonds. The second-order valence-electron chi connectivity index (χ2n) is 3.23. The van der Waals surface area contributed by atoms with Crippen LogP contribution >= 0.6 is 0 Å². The van der Waals surface area contributed by atoms with Crippen molar-refractivity contribution in [3.8, 4) is 0 Å². The van der Waals surface area contributed by atoms with Crippen LogP contribution in [0.3, 0.4) is 0 Å². The number of hydrogen-bond acceptors (Lipinski definition) is 2. The predicted octanol–water partition coefficient (Wildman–Crippen LogP) is 1.19. The van der Waals surface area contributed by atoms with Gasteiger partial charge in [-0.1, -0.05) is 19.9 Å². The molecule has 0 spiro atoms. The molecule has 2 heteroatoms. The van der Waals surface area contributed by atoms with Crippen molar-refractivity contribution in [2.24, 2.45) is 11.8 Å². The first kappa shape index (κ1) is 10.7. The molecular formula is C9H18O2. The molecule has 0 aromatic rings. The monoisotopic (exact) mass is 158 g/mol. The normalized spacial score (nSPS) is 18.9. The minimum Gasteiger partial charge on any atom is -0.396 e. The van der Waals surface area contributed by atoms with Crippen molar-refractivity contribution in [2.75, 3.05) is 6.61 Å². The van der Waals surface area contributed by atoms with Crippen molar-refractivity contribution in [2.45, 2.75) is 26.4 Å². The summed E-state index contributed by atoms with van der Waals surface area (Å²) < 4.78 is 0. The van der Waals surface area contributed by atoms with Crippen LogP contribution in [0.5, 0.6) is 0 Å². The van der Waals surface area contributed by atoms with E-state index < -0.39 is 6.10 Å².